The molecule has 0 unspecified atom stereocenters. The molecule has 0 aliphatic rings. The number of carboxylic acid groups (broad SMARTS) is 1. The van der Waals surface area contributed by atoms with Gasteiger partial charge in [-0.2, -0.15) is 0 Å². The predicted octanol–water partition coefficient (Wildman–Crippen LogP) is 2.38. The quantitative estimate of drug-likeness (QED) is 0.721. The van der Waals surface area contributed by atoms with Crippen LogP contribution in [0.5, 0.6) is 0 Å². The lowest BCUT2D eigenvalue weighted by molar-refractivity contribution is -0.147. The highest BCUT2D eigenvalue weighted by molar-refractivity contribution is 7.09. The average Bonchev–Trinajstić information content (AvgIpc) is 2.69. The molecule has 4 heteroatoms. The molecule has 16 heavy (non-hydrogen) atoms. The molecule has 3 nitrogen and oxygen atoms in total. The van der Waals surface area contributed by atoms with E-state index in [-0.39, 0.29) is 0 Å². The Hall–Kier alpha value is -0.870. The van der Waals surface area contributed by atoms with Gasteiger partial charge in [0.1, 0.15) is 0 Å². The summed E-state index contributed by atoms with van der Waals surface area (Å²) in [5.74, 6) is -0.729. The monoisotopic (exact) mass is 241 g/mol. The van der Waals surface area contributed by atoms with Gasteiger partial charge in [0.2, 0.25) is 0 Å². The summed E-state index contributed by atoms with van der Waals surface area (Å²) < 4.78 is 0. The van der Waals surface area contributed by atoms with Crippen LogP contribution in [0.3, 0.4) is 0 Å². The molecule has 1 rings (SSSR count). The van der Waals surface area contributed by atoms with Crippen molar-refractivity contribution in [2.75, 3.05) is 13.1 Å². The van der Waals surface area contributed by atoms with Crippen LogP contribution in [0.2, 0.25) is 0 Å². The van der Waals surface area contributed by atoms with Crippen molar-refractivity contribution >= 4 is 17.3 Å². The molecule has 0 fully saturated rings. The highest BCUT2D eigenvalue weighted by Gasteiger charge is 2.25. The molecule has 0 aromatic carbocycles. The summed E-state index contributed by atoms with van der Waals surface area (Å²) in [6.07, 6.45) is 1.68. The molecule has 0 saturated heterocycles. The third-order valence-electron chi connectivity index (χ3n) is 2.63. The predicted molar refractivity (Wildman–Crippen MR) is 66.9 cm³/mol. The molecule has 0 aliphatic carbocycles. The zero-order valence-electron chi connectivity index (χ0n) is 9.82. The van der Waals surface area contributed by atoms with E-state index in [1.165, 1.54) is 4.88 Å². The van der Waals surface area contributed by atoms with Crippen LogP contribution < -0.4 is 5.32 Å². The first-order valence-corrected chi connectivity index (χ1v) is 6.37. The summed E-state index contributed by atoms with van der Waals surface area (Å²) in [7, 11) is 0. The van der Waals surface area contributed by atoms with Gasteiger partial charge in [0.25, 0.3) is 0 Å². The van der Waals surface area contributed by atoms with Crippen LogP contribution in [0, 0.1) is 5.41 Å². The fourth-order valence-corrected chi connectivity index (χ4v) is 2.01. The van der Waals surface area contributed by atoms with E-state index in [4.69, 9.17) is 5.11 Å². The van der Waals surface area contributed by atoms with Gasteiger partial charge < -0.3 is 10.4 Å². The van der Waals surface area contributed by atoms with Gasteiger partial charge in [-0.1, -0.05) is 6.07 Å². The molecular weight excluding hydrogens is 222 g/mol. The molecule has 1 heterocycles. The largest absolute Gasteiger partial charge is 0.481 e. The minimum absolute atomic E-state index is 0.629. The van der Waals surface area contributed by atoms with E-state index >= 15 is 0 Å². The molecule has 0 radical (unpaired) electrons. The molecule has 90 valence electrons. The van der Waals surface area contributed by atoms with Crippen molar-refractivity contribution in [3.8, 4) is 0 Å². The van der Waals surface area contributed by atoms with E-state index in [1.807, 2.05) is 6.07 Å². The third kappa shape index (κ3) is 4.33. The number of nitrogens with one attached hydrogen (secondary N) is 1. The standard InChI is InChI=1S/C12H19NO2S/c1-12(2,11(14)15)6-8-13-7-5-10-4-3-9-16-10/h3-4,9,13H,5-8H2,1-2H3,(H,14,15). The molecule has 0 spiro atoms. The summed E-state index contributed by atoms with van der Waals surface area (Å²) in [5.41, 5.74) is -0.629. The Morgan fingerprint density at radius 2 is 2.25 bits per heavy atom. The van der Waals surface area contributed by atoms with Gasteiger partial charge in [-0.25, -0.2) is 0 Å². The van der Waals surface area contributed by atoms with Gasteiger partial charge in [0.15, 0.2) is 0 Å². The first-order valence-electron chi connectivity index (χ1n) is 5.49. The first kappa shape index (κ1) is 13.2. The van der Waals surface area contributed by atoms with Crippen molar-refractivity contribution in [3.63, 3.8) is 0 Å². The van der Waals surface area contributed by atoms with Crippen LogP contribution in [-0.4, -0.2) is 24.2 Å². The van der Waals surface area contributed by atoms with Gasteiger partial charge in [-0.05, 0) is 51.2 Å². The molecule has 1 aromatic heterocycles. The van der Waals surface area contributed by atoms with Crippen LogP contribution in [-0.2, 0) is 11.2 Å². The minimum Gasteiger partial charge on any atom is -0.481 e. The van der Waals surface area contributed by atoms with Crippen molar-refractivity contribution in [2.24, 2.45) is 5.41 Å². The SMILES string of the molecule is CC(C)(CCNCCc1cccs1)C(=O)O. The first-order chi connectivity index (χ1) is 7.52. The fraction of sp³-hybridized carbons (Fsp3) is 0.583. The maximum absolute atomic E-state index is 10.8. The highest BCUT2D eigenvalue weighted by atomic mass is 32.1. The number of hydrogen-bond acceptors (Lipinski definition) is 3. The van der Waals surface area contributed by atoms with E-state index in [2.05, 4.69) is 16.8 Å². The molecule has 0 saturated carbocycles. The van der Waals surface area contributed by atoms with Crippen LogP contribution in [0.25, 0.3) is 0 Å². The maximum Gasteiger partial charge on any atom is 0.309 e. The Morgan fingerprint density at radius 3 is 2.81 bits per heavy atom. The van der Waals surface area contributed by atoms with Crippen molar-refractivity contribution < 1.29 is 9.90 Å². The van der Waals surface area contributed by atoms with Crippen molar-refractivity contribution in [2.45, 2.75) is 26.7 Å². The zero-order chi connectivity index (χ0) is 12.0. The maximum atomic E-state index is 10.8. The van der Waals surface area contributed by atoms with E-state index < -0.39 is 11.4 Å². The summed E-state index contributed by atoms with van der Waals surface area (Å²) in [5, 5.41) is 14.3. The number of carboxylic acids is 1. The van der Waals surface area contributed by atoms with Crippen molar-refractivity contribution in [1.82, 2.24) is 5.32 Å². The van der Waals surface area contributed by atoms with Gasteiger partial charge in [-0.3, -0.25) is 4.79 Å². The van der Waals surface area contributed by atoms with Gasteiger partial charge in [0.05, 0.1) is 5.41 Å². The summed E-state index contributed by atoms with van der Waals surface area (Å²) in [6, 6.07) is 4.17. The van der Waals surface area contributed by atoms with Gasteiger partial charge in [-0.15, -0.1) is 11.3 Å². The van der Waals surface area contributed by atoms with Gasteiger partial charge >= 0.3 is 5.97 Å². The van der Waals surface area contributed by atoms with E-state index in [9.17, 15) is 4.79 Å². The van der Waals surface area contributed by atoms with Crippen molar-refractivity contribution in [1.29, 1.82) is 0 Å². The second-order valence-corrected chi connectivity index (χ2v) is 5.55. The van der Waals surface area contributed by atoms with Gasteiger partial charge in [0, 0.05) is 4.88 Å². The van der Waals surface area contributed by atoms with Crippen LogP contribution >= 0.6 is 11.3 Å². The van der Waals surface area contributed by atoms with Crippen molar-refractivity contribution in [3.05, 3.63) is 22.4 Å². The number of hydrogen-bond donors (Lipinski definition) is 2. The minimum atomic E-state index is -0.729. The summed E-state index contributed by atoms with van der Waals surface area (Å²) >= 11 is 1.76. The highest BCUT2D eigenvalue weighted by Crippen LogP contribution is 2.19. The number of thiophene rings is 1. The molecule has 2 N–H and O–H groups in total. The molecular formula is C12H19NO2S. The van der Waals surface area contributed by atoms with E-state index in [0.717, 1.165) is 19.5 Å². The second kappa shape index (κ2) is 6.01. The Labute approximate surface area is 100 Å². The van der Waals surface area contributed by atoms with E-state index in [1.54, 1.807) is 25.2 Å². The Balaban J connectivity index is 2.10. The zero-order valence-corrected chi connectivity index (χ0v) is 10.6. The number of carbonyl (C=O) groups is 1. The Bertz CT molecular complexity index is 320. The Kier molecular flexibility index (Phi) is 4.96. The topological polar surface area (TPSA) is 49.3 Å². The van der Waals surface area contributed by atoms with Crippen LogP contribution in [0.1, 0.15) is 25.1 Å². The van der Waals surface area contributed by atoms with Crippen LogP contribution in [0.15, 0.2) is 17.5 Å². The lowest BCUT2D eigenvalue weighted by Gasteiger charge is -2.18. The number of rotatable bonds is 7. The molecule has 1 aromatic rings. The molecule has 0 bridgehead atoms. The molecule has 0 aliphatic heterocycles. The Morgan fingerprint density at radius 1 is 1.50 bits per heavy atom. The normalized spacial score (nSPS) is 11.6. The second-order valence-electron chi connectivity index (χ2n) is 4.52. The third-order valence-corrected chi connectivity index (χ3v) is 3.57. The lowest BCUT2D eigenvalue weighted by Crippen LogP contribution is -2.29. The number of aliphatic carboxylic acids is 1. The molecule has 0 atom stereocenters. The smallest absolute Gasteiger partial charge is 0.309 e. The molecule has 0 amide bonds. The van der Waals surface area contributed by atoms with E-state index in [0.29, 0.717) is 6.42 Å². The summed E-state index contributed by atoms with van der Waals surface area (Å²) in [4.78, 5) is 12.2. The lowest BCUT2D eigenvalue weighted by atomic mass is 9.90. The summed E-state index contributed by atoms with van der Waals surface area (Å²) in [6.45, 7) is 5.19. The fourth-order valence-electron chi connectivity index (χ4n) is 1.30. The average molecular weight is 241 g/mol. The van der Waals surface area contributed by atoms with Crippen LogP contribution in [0.4, 0.5) is 0 Å².